The van der Waals surface area contributed by atoms with Gasteiger partial charge in [0.1, 0.15) is 0 Å². The summed E-state index contributed by atoms with van der Waals surface area (Å²) in [6.07, 6.45) is -0.617. The fraction of sp³-hybridized carbons (Fsp3) is 0.273. The molecule has 33 heavy (non-hydrogen) atoms. The maximum Gasteiger partial charge on any atom is 0.286 e. The molecule has 4 rings (SSSR count). The lowest BCUT2D eigenvalue weighted by atomic mass is 10.1. The maximum atomic E-state index is 13.4. The zero-order valence-corrected chi connectivity index (χ0v) is 20.5. The number of halogens is 6. The summed E-state index contributed by atoms with van der Waals surface area (Å²) in [5, 5.41) is 7.43. The number of hydrogen-bond acceptors (Lipinski definition) is 3. The number of piperidine rings is 1. The Morgan fingerprint density at radius 3 is 2.24 bits per heavy atom. The lowest BCUT2D eigenvalue weighted by molar-refractivity contribution is -0.0631. The molecule has 0 aliphatic carbocycles. The van der Waals surface area contributed by atoms with Crippen LogP contribution in [-0.2, 0) is 0 Å². The molecule has 0 unspecified atom stereocenters. The van der Waals surface area contributed by atoms with E-state index in [4.69, 9.17) is 34.8 Å². The topological polar surface area (TPSA) is 50.2 Å². The van der Waals surface area contributed by atoms with E-state index >= 15 is 0 Å². The molecular formula is C22H20Cl4F2N4O. The van der Waals surface area contributed by atoms with Crippen LogP contribution >= 0.6 is 47.2 Å². The SMILES string of the molecule is Cc1c(C(=O)NN2CCC(F)(F)CC2)nn(-c2ccc(Cl)cc2Cl)c1-c1ccc(Cl)cc1.Cl. The van der Waals surface area contributed by atoms with Gasteiger partial charge in [0, 0.05) is 47.1 Å². The van der Waals surface area contributed by atoms with Crippen molar-refractivity contribution >= 4 is 53.1 Å². The number of benzene rings is 2. The van der Waals surface area contributed by atoms with E-state index in [9.17, 15) is 13.6 Å². The molecule has 1 N–H and O–H groups in total. The Morgan fingerprint density at radius 1 is 1.03 bits per heavy atom. The van der Waals surface area contributed by atoms with Crippen molar-refractivity contribution in [3.63, 3.8) is 0 Å². The van der Waals surface area contributed by atoms with Crippen molar-refractivity contribution in [2.24, 2.45) is 0 Å². The van der Waals surface area contributed by atoms with Gasteiger partial charge >= 0.3 is 0 Å². The minimum Gasteiger partial charge on any atom is -0.283 e. The summed E-state index contributed by atoms with van der Waals surface area (Å²) in [5.41, 5.74) is 5.45. The first-order valence-corrected chi connectivity index (χ1v) is 11.0. The molecule has 0 saturated carbocycles. The van der Waals surface area contributed by atoms with E-state index in [-0.39, 0.29) is 44.0 Å². The quantitative estimate of drug-likeness (QED) is 0.409. The standard InChI is InChI=1S/C22H19Cl3F2N4O.ClH/c1-13-19(21(32)29-30-10-8-22(26,27)9-11-30)28-31(18-7-6-16(24)12-17(18)25)20(13)14-2-4-15(23)5-3-14;/h2-7,12H,8-11H2,1H3,(H,29,32);1H. The van der Waals surface area contributed by atoms with Gasteiger partial charge in [0.15, 0.2) is 5.69 Å². The van der Waals surface area contributed by atoms with Gasteiger partial charge in [0.25, 0.3) is 11.8 Å². The van der Waals surface area contributed by atoms with E-state index < -0.39 is 11.8 Å². The van der Waals surface area contributed by atoms with E-state index in [2.05, 4.69) is 10.5 Å². The van der Waals surface area contributed by atoms with Crippen LogP contribution in [0.2, 0.25) is 15.1 Å². The summed E-state index contributed by atoms with van der Waals surface area (Å²) in [6, 6.07) is 12.1. The van der Waals surface area contributed by atoms with Crippen molar-refractivity contribution < 1.29 is 13.6 Å². The first-order chi connectivity index (χ1) is 15.1. The molecule has 1 aliphatic heterocycles. The van der Waals surface area contributed by atoms with Gasteiger partial charge in [-0.25, -0.2) is 18.5 Å². The van der Waals surface area contributed by atoms with Gasteiger partial charge in [-0.3, -0.25) is 10.2 Å². The number of carbonyl (C=O) groups is 1. The summed E-state index contributed by atoms with van der Waals surface area (Å²) < 4.78 is 28.5. The Balaban J connectivity index is 0.00000306. The second-order valence-corrected chi connectivity index (χ2v) is 8.90. The number of carbonyl (C=O) groups excluding carboxylic acids is 1. The predicted molar refractivity (Wildman–Crippen MR) is 129 cm³/mol. The maximum absolute atomic E-state index is 13.4. The Kier molecular flexibility index (Phi) is 7.91. The minimum atomic E-state index is -2.70. The van der Waals surface area contributed by atoms with Crippen LogP contribution in [0.25, 0.3) is 16.9 Å². The molecule has 0 spiro atoms. The van der Waals surface area contributed by atoms with E-state index in [0.29, 0.717) is 32.0 Å². The van der Waals surface area contributed by atoms with Gasteiger partial charge in [-0.15, -0.1) is 12.4 Å². The van der Waals surface area contributed by atoms with Crippen LogP contribution in [0.15, 0.2) is 42.5 Å². The summed E-state index contributed by atoms with van der Waals surface area (Å²) in [7, 11) is 0. The lowest BCUT2D eigenvalue weighted by Gasteiger charge is -2.31. The van der Waals surface area contributed by atoms with E-state index in [1.807, 2.05) is 12.1 Å². The highest BCUT2D eigenvalue weighted by Gasteiger charge is 2.35. The van der Waals surface area contributed by atoms with Crippen LogP contribution in [0.3, 0.4) is 0 Å². The van der Waals surface area contributed by atoms with Crippen LogP contribution in [0, 0.1) is 6.92 Å². The summed E-state index contributed by atoms with van der Waals surface area (Å²) in [6.45, 7) is 1.90. The van der Waals surface area contributed by atoms with Gasteiger partial charge < -0.3 is 0 Å². The van der Waals surface area contributed by atoms with Gasteiger partial charge in [-0.1, -0.05) is 46.9 Å². The molecule has 2 heterocycles. The predicted octanol–water partition coefficient (Wildman–Crippen LogP) is 6.61. The number of aromatic nitrogens is 2. The fourth-order valence-corrected chi connectivity index (χ4v) is 4.24. The zero-order valence-electron chi connectivity index (χ0n) is 17.4. The normalized spacial score (nSPS) is 15.7. The zero-order chi connectivity index (χ0) is 23.0. The molecule has 0 bridgehead atoms. The van der Waals surface area contributed by atoms with E-state index in [1.165, 1.54) is 5.01 Å². The highest BCUT2D eigenvalue weighted by atomic mass is 35.5. The van der Waals surface area contributed by atoms with Crippen LogP contribution in [0.5, 0.6) is 0 Å². The third-order valence-corrected chi connectivity index (χ3v) is 6.14. The molecule has 0 radical (unpaired) electrons. The van der Waals surface area contributed by atoms with Gasteiger partial charge in [0.05, 0.1) is 16.4 Å². The number of nitrogens with one attached hydrogen (secondary N) is 1. The van der Waals surface area contributed by atoms with Gasteiger partial charge in [-0.2, -0.15) is 5.10 Å². The molecule has 5 nitrogen and oxygen atoms in total. The van der Waals surface area contributed by atoms with Gasteiger partial charge in [-0.05, 0) is 37.3 Å². The molecule has 1 fully saturated rings. The Morgan fingerprint density at radius 2 is 1.64 bits per heavy atom. The molecule has 11 heteroatoms. The molecule has 1 amide bonds. The molecule has 1 aliphatic rings. The van der Waals surface area contributed by atoms with Crippen LogP contribution < -0.4 is 5.43 Å². The summed E-state index contributed by atoms with van der Waals surface area (Å²) in [5.74, 6) is -3.18. The molecule has 1 aromatic heterocycles. The Labute approximate surface area is 211 Å². The van der Waals surface area contributed by atoms with Gasteiger partial charge in [0.2, 0.25) is 0 Å². The Bertz CT molecular complexity index is 1160. The first-order valence-electron chi connectivity index (χ1n) is 9.89. The second-order valence-electron chi connectivity index (χ2n) is 7.62. The molecule has 2 aromatic carbocycles. The summed E-state index contributed by atoms with van der Waals surface area (Å²) in [4.78, 5) is 13.0. The second kappa shape index (κ2) is 10.2. The van der Waals surface area contributed by atoms with Crippen molar-refractivity contribution in [3.05, 3.63) is 68.8 Å². The third-order valence-electron chi connectivity index (χ3n) is 5.35. The molecule has 3 aromatic rings. The first kappa shape index (κ1) is 25.7. The van der Waals surface area contributed by atoms with Crippen molar-refractivity contribution in [2.75, 3.05) is 13.1 Å². The average Bonchev–Trinajstić information content (AvgIpc) is 3.07. The van der Waals surface area contributed by atoms with E-state index in [0.717, 1.165) is 5.56 Å². The number of hydrogen-bond donors (Lipinski definition) is 1. The molecule has 1 saturated heterocycles. The number of alkyl halides is 2. The van der Waals surface area contributed by atoms with Crippen LogP contribution in [-0.4, -0.2) is 39.7 Å². The van der Waals surface area contributed by atoms with E-state index in [1.54, 1.807) is 41.9 Å². The van der Waals surface area contributed by atoms with Crippen LogP contribution in [0.1, 0.15) is 28.9 Å². The highest BCUT2D eigenvalue weighted by molar-refractivity contribution is 6.35. The monoisotopic (exact) mass is 534 g/mol. The third kappa shape index (κ3) is 5.61. The molecular weight excluding hydrogens is 516 g/mol. The summed E-state index contributed by atoms with van der Waals surface area (Å²) >= 11 is 18.5. The van der Waals surface area contributed by atoms with Crippen LogP contribution in [0.4, 0.5) is 8.78 Å². The smallest absolute Gasteiger partial charge is 0.283 e. The Hall–Kier alpha value is -1.90. The largest absolute Gasteiger partial charge is 0.286 e. The molecule has 176 valence electrons. The fourth-order valence-electron chi connectivity index (χ4n) is 3.63. The number of nitrogens with zero attached hydrogens (tertiary/aromatic N) is 3. The highest BCUT2D eigenvalue weighted by Crippen LogP contribution is 2.33. The number of amides is 1. The van der Waals surface area contributed by atoms with Crippen molar-refractivity contribution in [1.29, 1.82) is 0 Å². The molecule has 0 atom stereocenters. The number of rotatable bonds is 4. The average molecular weight is 536 g/mol. The minimum absolute atomic E-state index is 0. The lowest BCUT2D eigenvalue weighted by Crippen LogP contribution is -2.49. The van der Waals surface area contributed by atoms with Crippen molar-refractivity contribution in [3.8, 4) is 16.9 Å². The number of hydrazine groups is 1. The van der Waals surface area contributed by atoms with Crippen molar-refractivity contribution in [2.45, 2.75) is 25.7 Å². The van der Waals surface area contributed by atoms with Crippen molar-refractivity contribution in [1.82, 2.24) is 20.2 Å².